The largest absolute Gasteiger partial charge is 0.448 e. The molecule has 0 aliphatic carbocycles. The Bertz CT molecular complexity index is 644. The normalized spacial score (nSPS) is 18.6. The molecule has 0 N–H and O–H groups in total. The van der Waals surface area contributed by atoms with Gasteiger partial charge in [0.1, 0.15) is 13.2 Å². The predicted molar refractivity (Wildman–Crippen MR) is 105 cm³/mol. The van der Waals surface area contributed by atoms with E-state index in [0.717, 1.165) is 50.5 Å². The van der Waals surface area contributed by atoms with E-state index in [4.69, 9.17) is 16.3 Å². The van der Waals surface area contributed by atoms with Crippen LogP contribution in [0.4, 0.5) is 4.79 Å². The third-order valence-corrected chi connectivity index (χ3v) is 5.72. The number of nitrogens with zero attached hydrogens (tertiary/aromatic N) is 3. The first-order chi connectivity index (χ1) is 13.0. The highest BCUT2D eigenvalue weighted by atomic mass is 35.5. The van der Waals surface area contributed by atoms with E-state index in [1.165, 1.54) is 10.5 Å². The Labute approximate surface area is 166 Å². The molecule has 2 fully saturated rings. The molecule has 2 heterocycles. The van der Waals surface area contributed by atoms with Crippen LogP contribution in [0, 0.1) is 5.92 Å². The standard InChI is InChI=1S/C20H28ClN3O3/c1-22(19(25)15-24-12-13-27-20(24)26)14-17-7-10-23(11-8-17)9-6-16-2-4-18(21)5-3-16/h2-5,17H,6-15H2,1H3. The lowest BCUT2D eigenvalue weighted by atomic mass is 9.96. The average molecular weight is 394 g/mol. The maximum atomic E-state index is 12.3. The van der Waals surface area contributed by atoms with Gasteiger partial charge in [0.2, 0.25) is 5.91 Å². The first-order valence-corrected chi connectivity index (χ1v) is 10.0. The second-order valence-corrected chi connectivity index (χ2v) is 7.91. The van der Waals surface area contributed by atoms with E-state index in [9.17, 15) is 9.59 Å². The molecule has 6 nitrogen and oxygen atoms in total. The highest BCUT2D eigenvalue weighted by Crippen LogP contribution is 2.19. The number of likely N-dealkylation sites (tertiary alicyclic amines) is 1. The average Bonchev–Trinajstić information content (AvgIpc) is 3.07. The van der Waals surface area contributed by atoms with Gasteiger partial charge in [-0.15, -0.1) is 0 Å². The predicted octanol–water partition coefficient (Wildman–Crippen LogP) is 2.51. The lowest BCUT2D eigenvalue weighted by Crippen LogP contribution is -2.43. The Morgan fingerprint density at radius 3 is 2.56 bits per heavy atom. The number of amides is 2. The number of rotatable bonds is 7. The molecule has 2 aliphatic heterocycles. The van der Waals surface area contributed by atoms with Gasteiger partial charge in [0.25, 0.3) is 0 Å². The van der Waals surface area contributed by atoms with Crippen LogP contribution in [-0.2, 0) is 16.0 Å². The van der Waals surface area contributed by atoms with E-state index in [2.05, 4.69) is 17.0 Å². The summed E-state index contributed by atoms with van der Waals surface area (Å²) >= 11 is 5.93. The summed E-state index contributed by atoms with van der Waals surface area (Å²) in [6.45, 7) is 4.95. The number of cyclic esters (lactones) is 1. The van der Waals surface area contributed by atoms with Crippen LogP contribution < -0.4 is 0 Å². The molecule has 148 valence electrons. The van der Waals surface area contributed by atoms with Crippen molar-refractivity contribution in [3.63, 3.8) is 0 Å². The van der Waals surface area contributed by atoms with E-state index in [-0.39, 0.29) is 18.5 Å². The number of benzene rings is 1. The maximum absolute atomic E-state index is 12.3. The molecule has 2 amide bonds. The van der Waals surface area contributed by atoms with Crippen LogP contribution >= 0.6 is 11.6 Å². The Morgan fingerprint density at radius 1 is 1.22 bits per heavy atom. The van der Waals surface area contributed by atoms with Crippen LogP contribution in [0.3, 0.4) is 0 Å². The highest BCUT2D eigenvalue weighted by molar-refractivity contribution is 6.30. The van der Waals surface area contributed by atoms with Gasteiger partial charge in [0, 0.05) is 25.2 Å². The lowest BCUT2D eigenvalue weighted by molar-refractivity contribution is -0.131. The summed E-state index contributed by atoms with van der Waals surface area (Å²) in [7, 11) is 1.83. The molecule has 2 saturated heterocycles. The molecule has 0 atom stereocenters. The number of carbonyl (C=O) groups is 2. The van der Waals surface area contributed by atoms with Gasteiger partial charge in [-0.2, -0.15) is 0 Å². The van der Waals surface area contributed by atoms with Gasteiger partial charge < -0.3 is 14.5 Å². The van der Waals surface area contributed by atoms with Gasteiger partial charge in [0.15, 0.2) is 0 Å². The third-order valence-electron chi connectivity index (χ3n) is 5.47. The van der Waals surface area contributed by atoms with Gasteiger partial charge in [-0.05, 0) is 56.0 Å². The van der Waals surface area contributed by atoms with Crippen molar-refractivity contribution in [3.05, 3.63) is 34.9 Å². The Kier molecular flexibility index (Phi) is 6.96. The maximum Gasteiger partial charge on any atom is 0.410 e. The van der Waals surface area contributed by atoms with Crippen LogP contribution in [0.25, 0.3) is 0 Å². The van der Waals surface area contributed by atoms with Crippen molar-refractivity contribution in [2.24, 2.45) is 5.92 Å². The fraction of sp³-hybridized carbons (Fsp3) is 0.600. The summed E-state index contributed by atoms with van der Waals surface area (Å²) in [5, 5.41) is 0.778. The van der Waals surface area contributed by atoms with Crippen LogP contribution in [0.15, 0.2) is 24.3 Å². The summed E-state index contributed by atoms with van der Waals surface area (Å²) < 4.78 is 4.87. The molecule has 3 rings (SSSR count). The molecule has 1 aromatic carbocycles. The monoisotopic (exact) mass is 393 g/mol. The number of likely N-dealkylation sites (N-methyl/N-ethyl adjacent to an activating group) is 1. The fourth-order valence-corrected chi connectivity index (χ4v) is 3.80. The molecule has 7 heteroatoms. The minimum absolute atomic E-state index is 0.0148. The quantitative estimate of drug-likeness (QED) is 0.714. The molecule has 0 aromatic heterocycles. The summed E-state index contributed by atoms with van der Waals surface area (Å²) in [5.41, 5.74) is 1.31. The fourth-order valence-electron chi connectivity index (χ4n) is 3.67. The summed E-state index contributed by atoms with van der Waals surface area (Å²) in [6, 6.07) is 8.06. The van der Waals surface area contributed by atoms with E-state index in [1.54, 1.807) is 4.90 Å². The van der Waals surface area contributed by atoms with Crippen molar-refractivity contribution >= 4 is 23.6 Å². The van der Waals surface area contributed by atoms with Gasteiger partial charge in [-0.3, -0.25) is 9.69 Å². The molecule has 27 heavy (non-hydrogen) atoms. The topological polar surface area (TPSA) is 53.1 Å². The van der Waals surface area contributed by atoms with Crippen molar-refractivity contribution in [2.45, 2.75) is 19.3 Å². The lowest BCUT2D eigenvalue weighted by Gasteiger charge is -2.34. The van der Waals surface area contributed by atoms with Crippen LogP contribution in [0.2, 0.25) is 5.02 Å². The van der Waals surface area contributed by atoms with Crippen LogP contribution in [0.1, 0.15) is 18.4 Å². The third kappa shape index (κ3) is 5.84. The van der Waals surface area contributed by atoms with E-state index in [1.807, 2.05) is 19.2 Å². The second-order valence-electron chi connectivity index (χ2n) is 7.47. The number of ether oxygens (including phenoxy) is 1. The van der Waals surface area contributed by atoms with Gasteiger partial charge in [0.05, 0.1) is 6.54 Å². The Morgan fingerprint density at radius 2 is 1.93 bits per heavy atom. The molecule has 0 spiro atoms. The smallest absolute Gasteiger partial charge is 0.410 e. The van der Waals surface area contributed by atoms with Gasteiger partial charge >= 0.3 is 6.09 Å². The summed E-state index contributed by atoms with van der Waals surface area (Å²) in [6.07, 6.45) is 2.85. The van der Waals surface area contributed by atoms with Gasteiger partial charge in [-0.1, -0.05) is 23.7 Å². The van der Waals surface area contributed by atoms with Crippen LogP contribution in [0.5, 0.6) is 0 Å². The molecular formula is C20H28ClN3O3. The van der Waals surface area contributed by atoms with Crippen molar-refractivity contribution < 1.29 is 14.3 Å². The molecule has 0 bridgehead atoms. The molecule has 0 radical (unpaired) electrons. The minimum Gasteiger partial charge on any atom is -0.448 e. The van der Waals surface area contributed by atoms with Crippen LogP contribution in [-0.4, -0.2) is 79.6 Å². The Hall–Kier alpha value is -1.79. The second kappa shape index (κ2) is 9.42. The number of piperidine rings is 1. The highest BCUT2D eigenvalue weighted by Gasteiger charge is 2.27. The van der Waals surface area contributed by atoms with Gasteiger partial charge in [-0.25, -0.2) is 4.79 Å². The van der Waals surface area contributed by atoms with Crippen molar-refractivity contribution in [1.29, 1.82) is 0 Å². The number of carbonyl (C=O) groups excluding carboxylic acids is 2. The molecular weight excluding hydrogens is 366 g/mol. The summed E-state index contributed by atoms with van der Waals surface area (Å²) in [5.74, 6) is 0.510. The zero-order valence-electron chi connectivity index (χ0n) is 15.9. The van der Waals surface area contributed by atoms with Crippen molar-refractivity contribution in [3.8, 4) is 0 Å². The van der Waals surface area contributed by atoms with Crippen molar-refractivity contribution in [2.75, 3.05) is 52.9 Å². The minimum atomic E-state index is -0.384. The van der Waals surface area contributed by atoms with Crippen molar-refractivity contribution in [1.82, 2.24) is 14.7 Å². The first kappa shape index (κ1) is 20.0. The summed E-state index contributed by atoms with van der Waals surface area (Å²) in [4.78, 5) is 29.5. The zero-order chi connectivity index (χ0) is 19.2. The number of halogens is 1. The van der Waals surface area contributed by atoms with E-state index < -0.39 is 0 Å². The molecule has 1 aromatic rings. The molecule has 0 unspecified atom stereocenters. The number of hydrogen-bond donors (Lipinski definition) is 0. The number of hydrogen-bond acceptors (Lipinski definition) is 4. The first-order valence-electron chi connectivity index (χ1n) is 9.64. The zero-order valence-corrected chi connectivity index (χ0v) is 16.7. The molecule has 2 aliphatic rings. The SMILES string of the molecule is CN(CC1CCN(CCc2ccc(Cl)cc2)CC1)C(=O)CN1CCOC1=O. The van der Waals surface area contributed by atoms with E-state index in [0.29, 0.717) is 19.1 Å². The van der Waals surface area contributed by atoms with E-state index >= 15 is 0 Å². The molecule has 0 saturated carbocycles. The Balaban J connectivity index is 1.35.